The summed E-state index contributed by atoms with van der Waals surface area (Å²) in [6, 6.07) is 1.79. The van der Waals surface area contributed by atoms with Gasteiger partial charge < -0.3 is 0 Å². The zero-order chi connectivity index (χ0) is 10.2. The molecule has 0 radical (unpaired) electrons. The highest BCUT2D eigenvalue weighted by molar-refractivity contribution is 9.10. The molecule has 0 aliphatic rings. The van der Waals surface area contributed by atoms with E-state index in [0.29, 0.717) is 10.2 Å². The van der Waals surface area contributed by atoms with Crippen LogP contribution in [-0.2, 0) is 5.41 Å². The minimum atomic E-state index is -0.270. The van der Waals surface area contributed by atoms with Crippen LogP contribution in [0.4, 0.5) is 4.39 Å². The third-order valence-electron chi connectivity index (χ3n) is 1.87. The Labute approximate surface area is 86.5 Å². The average molecular weight is 246 g/mol. The van der Waals surface area contributed by atoms with Crippen molar-refractivity contribution < 1.29 is 4.39 Å². The molecule has 1 rings (SSSR count). The van der Waals surface area contributed by atoms with Gasteiger partial charge in [0.15, 0.2) is 5.82 Å². The van der Waals surface area contributed by atoms with Gasteiger partial charge >= 0.3 is 0 Å². The predicted molar refractivity (Wildman–Crippen MR) is 55.3 cm³/mol. The van der Waals surface area contributed by atoms with Crippen LogP contribution in [0.1, 0.15) is 32.0 Å². The van der Waals surface area contributed by atoms with Crippen LogP contribution < -0.4 is 0 Å². The summed E-state index contributed by atoms with van der Waals surface area (Å²) >= 11 is 3.10. The topological polar surface area (TPSA) is 12.9 Å². The van der Waals surface area contributed by atoms with E-state index in [-0.39, 0.29) is 11.2 Å². The van der Waals surface area contributed by atoms with Gasteiger partial charge in [0.05, 0.1) is 0 Å². The van der Waals surface area contributed by atoms with Gasteiger partial charge in [-0.2, -0.15) is 0 Å². The minimum absolute atomic E-state index is 0.0407. The Hall–Kier alpha value is -0.440. The van der Waals surface area contributed by atoms with Gasteiger partial charge in [-0.25, -0.2) is 9.37 Å². The normalized spacial score (nSPS) is 11.8. The molecular formula is C10H13BrFN. The molecule has 1 aromatic heterocycles. The van der Waals surface area contributed by atoms with Crippen LogP contribution in [0.15, 0.2) is 10.7 Å². The zero-order valence-corrected chi connectivity index (χ0v) is 9.87. The highest BCUT2D eigenvalue weighted by Gasteiger charge is 2.18. The molecule has 3 heteroatoms. The number of aryl methyl sites for hydroxylation is 1. The number of hydrogen-bond acceptors (Lipinski definition) is 1. The van der Waals surface area contributed by atoms with Crippen molar-refractivity contribution in [2.75, 3.05) is 0 Å². The van der Waals surface area contributed by atoms with Crippen LogP contribution in [0.2, 0.25) is 0 Å². The highest BCUT2D eigenvalue weighted by Crippen LogP contribution is 2.25. The number of nitrogens with zero attached hydrogens (tertiary/aromatic N) is 1. The lowest BCUT2D eigenvalue weighted by Gasteiger charge is -2.18. The van der Waals surface area contributed by atoms with E-state index in [1.807, 2.05) is 0 Å². The lowest BCUT2D eigenvalue weighted by molar-refractivity contribution is 0.549. The Bertz CT molecular complexity index is 305. The van der Waals surface area contributed by atoms with Crippen molar-refractivity contribution in [3.8, 4) is 0 Å². The van der Waals surface area contributed by atoms with E-state index in [9.17, 15) is 4.39 Å². The second-order valence-electron chi connectivity index (χ2n) is 4.18. The van der Waals surface area contributed by atoms with Crippen molar-refractivity contribution in [2.45, 2.75) is 33.1 Å². The quantitative estimate of drug-likeness (QED) is 0.637. The molecule has 0 bridgehead atoms. The fourth-order valence-electron chi connectivity index (χ4n) is 1.00. The monoisotopic (exact) mass is 245 g/mol. The third kappa shape index (κ3) is 2.27. The molecule has 0 saturated carbocycles. The van der Waals surface area contributed by atoms with Gasteiger partial charge in [-0.15, -0.1) is 0 Å². The van der Waals surface area contributed by atoms with Crippen molar-refractivity contribution in [2.24, 2.45) is 0 Å². The summed E-state index contributed by atoms with van der Waals surface area (Å²) in [4.78, 5) is 4.15. The third-order valence-corrected chi connectivity index (χ3v) is 2.39. The van der Waals surface area contributed by atoms with Crippen molar-refractivity contribution in [1.82, 2.24) is 4.98 Å². The molecular weight excluding hydrogens is 233 g/mol. The van der Waals surface area contributed by atoms with E-state index in [1.165, 1.54) is 0 Å². The van der Waals surface area contributed by atoms with Crippen molar-refractivity contribution in [3.05, 3.63) is 27.7 Å². The molecule has 0 amide bonds. The molecule has 13 heavy (non-hydrogen) atoms. The average Bonchev–Trinajstić information content (AvgIpc) is 1.97. The van der Waals surface area contributed by atoms with E-state index in [4.69, 9.17) is 0 Å². The Morgan fingerprint density at radius 1 is 1.38 bits per heavy atom. The van der Waals surface area contributed by atoms with Crippen LogP contribution in [0, 0.1) is 12.7 Å². The number of rotatable bonds is 0. The maximum absolute atomic E-state index is 13.2. The number of aromatic nitrogens is 1. The minimum Gasteiger partial charge on any atom is -0.242 e. The summed E-state index contributed by atoms with van der Waals surface area (Å²) in [5.41, 5.74) is 1.49. The van der Waals surface area contributed by atoms with Gasteiger partial charge in [0, 0.05) is 11.1 Å². The summed E-state index contributed by atoms with van der Waals surface area (Å²) in [5.74, 6) is -0.270. The first-order chi connectivity index (χ1) is 5.82. The fourth-order valence-corrected chi connectivity index (χ4v) is 1.51. The van der Waals surface area contributed by atoms with Gasteiger partial charge in [0.2, 0.25) is 0 Å². The van der Waals surface area contributed by atoms with Crippen molar-refractivity contribution >= 4 is 15.9 Å². The maximum Gasteiger partial charge on any atom is 0.158 e. The van der Waals surface area contributed by atoms with E-state index in [0.717, 1.165) is 5.69 Å². The molecule has 1 aromatic rings. The Kier molecular flexibility index (Phi) is 2.76. The number of pyridine rings is 1. The molecule has 0 aromatic carbocycles. The zero-order valence-electron chi connectivity index (χ0n) is 8.28. The standard InChI is InChI=1S/C10H13BrFN/c1-6-5-7(10(2,3)4)13-9(11)8(6)12/h5H,1-4H3. The first-order valence-electron chi connectivity index (χ1n) is 4.15. The summed E-state index contributed by atoms with van der Waals surface area (Å²) in [7, 11) is 0. The molecule has 0 atom stereocenters. The maximum atomic E-state index is 13.2. The summed E-state index contributed by atoms with van der Waals surface area (Å²) in [6.45, 7) is 7.91. The second kappa shape index (κ2) is 3.37. The Morgan fingerprint density at radius 2 is 1.92 bits per heavy atom. The number of hydrogen-bond donors (Lipinski definition) is 0. The van der Waals surface area contributed by atoms with Crippen LogP contribution in [0.3, 0.4) is 0 Å². The fraction of sp³-hybridized carbons (Fsp3) is 0.500. The molecule has 0 N–H and O–H groups in total. The van der Waals surface area contributed by atoms with Gasteiger partial charge in [0.25, 0.3) is 0 Å². The summed E-state index contributed by atoms with van der Waals surface area (Å²) in [6.07, 6.45) is 0. The predicted octanol–water partition coefficient (Wildman–Crippen LogP) is 3.59. The number of halogens is 2. The molecule has 0 aliphatic carbocycles. The molecule has 1 heterocycles. The molecule has 0 aliphatic heterocycles. The Balaban J connectivity index is 3.29. The second-order valence-corrected chi connectivity index (χ2v) is 4.93. The molecule has 72 valence electrons. The molecule has 0 saturated heterocycles. The van der Waals surface area contributed by atoms with E-state index in [2.05, 4.69) is 41.7 Å². The van der Waals surface area contributed by atoms with Crippen LogP contribution in [0.25, 0.3) is 0 Å². The van der Waals surface area contributed by atoms with E-state index in [1.54, 1.807) is 13.0 Å². The summed E-state index contributed by atoms with van der Waals surface area (Å²) < 4.78 is 13.5. The van der Waals surface area contributed by atoms with E-state index < -0.39 is 0 Å². The van der Waals surface area contributed by atoms with Crippen molar-refractivity contribution in [1.29, 1.82) is 0 Å². The van der Waals surface area contributed by atoms with Crippen molar-refractivity contribution in [3.63, 3.8) is 0 Å². The largest absolute Gasteiger partial charge is 0.242 e. The van der Waals surface area contributed by atoms with Gasteiger partial charge in [-0.3, -0.25) is 0 Å². The van der Waals surface area contributed by atoms with Gasteiger partial charge in [-0.05, 0) is 34.5 Å². The molecule has 0 fully saturated rings. The highest BCUT2D eigenvalue weighted by atomic mass is 79.9. The van der Waals surface area contributed by atoms with Crippen LogP contribution >= 0.6 is 15.9 Å². The lowest BCUT2D eigenvalue weighted by atomic mass is 9.91. The smallest absolute Gasteiger partial charge is 0.158 e. The summed E-state index contributed by atoms with van der Waals surface area (Å²) in [5, 5.41) is 0. The van der Waals surface area contributed by atoms with Crippen LogP contribution in [0.5, 0.6) is 0 Å². The van der Waals surface area contributed by atoms with E-state index >= 15 is 0 Å². The molecule has 1 nitrogen and oxygen atoms in total. The first kappa shape index (κ1) is 10.6. The lowest BCUT2D eigenvalue weighted by Crippen LogP contribution is -2.14. The molecule has 0 spiro atoms. The SMILES string of the molecule is Cc1cc(C(C)(C)C)nc(Br)c1F. The molecule has 0 unspecified atom stereocenters. The van der Waals surface area contributed by atoms with Gasteiger partial charge in [-0.1, -0.05) is 20.8 Å². The van der Waals surface area contributed by atoms with Gasteiger partial charge in [0.1, 0.15) is 4.60 Å². The van der Waals surface area contributed by atoms with Crippen LogP contribution in [-0.4, -0.2) is 4.98 Å². The Morgan fingerprint density at radius 3 is 2.31 bits per heavy atom. The first-order valence-corrected chi connectivity index (χ1v) is 4.95.